The number of rotatable bonds is 4. The van der Waals surface area contributed by atoms with Gasteiger partial charge in [0.25, 0.3) is 0 Å². The molecular weight excluding hydrogens is 300 g/mol. The summed E-state index contributed by atoms with van der Waals surface area (Å²) in [6.45, 7) is 0.715. The molecule has 106 valence electrons. The Morgan fingerprint density at radius 3 is 2.53 bits per heavy atom. The van der Waals surface area contributed by atoms with Gasteiger partial charge >= 0.3 is 0 Å². The second-order valence-corrected chi connectivity index (χ2v) is 6.48. The molecule has 0 aromatic heterocycles. The van der Waals surface area contributed by atoms with Crippen LogP contribution in [0.5, 0.6) is 0 Å². The van der Waals surface area contributed by atoms with Crippen LogP contribution in [0, 0.1) is 0 Å². The van der Waals surface area contributed by atoms with Crippen molar-refractivity contribution < 1.29 is 0 Å². The van der Waals surface area contributed by atoms with E-state index in [1.54, 1.807) is 0 Å². The Labute approximate surface area is 125 Å². The maximum atomic E-state index is 5.74. The molecule has 1 fully saturated rings. The van der Waals surface area contributed by atoms with Gasteiger partial charge in [-0.3, -0.25) is 0 Å². The second-order valence-electron chi connectivity index (χ2n) is 5.57. The number of halogens is 1. The first kappa shape index (κ1) is 14.9. The molecule has 0 amide bonds. The summed E-state index contributed by atoms with van der Waals surface area (Å²) in [4.78, 5) is 2.49. The van der Waals surface area contributed by atoms with Crippen LogP contribution in [-0.2, 0) is 6.42 Å². The molecule has 3 heteroatoms. The second kappa shape index (κ2) is 7.30. The lowest BCUT2D eigenvalue weighted by molar-refractivity contribution is 0.551. The molecule has 0 spiro atoms. The van der Waals surface area contributed by atoms with E-state index in [0.29, 0.717) is 12.6 Å². The highest BCUT2D eigenvalue weighted by atomic mass is 79.9. The van der Waals surface area contributed by atoms with Gasteiger partial charge < -0.3 is 10.6 Å². The van der Waals surface area contributed by atoms with E-state index in [2.05, 4.69) is 46.1 Å². The summed E-state index contributed by atoms with van der Waals surface area (Å²) in [5.74, 6) is 0. The summed E-state index contributed by atoms with van der Waals surface area (Å²) in [6.07, 6.45) is 9.15. The maximum absolute atomic E-state index is 5.74. The van der Waals surface area contributed by atoms with Gasteiger partial charge in [-0.15, -0.1) is 0 Å². The molecule has 0 bridgehead atoms. The minimum Gasteiger partial charge on any atom is -0.371 e. The summed E-state index contributed by atoms with van der Waals surface area (Å²) >= 11 is 3.60. The fourth-order valence-electron chi connectivity index (χ4n) is 3.07. The number of anilines is 1. The van der Waals surface area contributed by atoms with Crippen LogP contribution in [0.3, 0.4) is 0 Å². The molecule has 1 aliphatic carbocycles. The molecule has 0 unspecified atom stereocenters. The van der Waals surface area contributed by atoms with Gasteiger partial charge in [0.1, 0.15) is 0 Å². The number of hydrogen-bond acceptors (Lipinski definition) is 2. The van der Waals surface area contributed by atoms with Crippen LogP contribution in [0.1, 0.15) is 44.1 Å². The lowest BCUT2D eigenvalue weighted by Gasteiger charge is -2.31. The average Bonchev–Trinajstić information content (AvgIpc) is 2.69. The van der Waals surface area contributed by atoms with Crippen molar-refractivity contribution in [1.82, 2.24) is 0 Å². The molecule has 19 heavy (non-hydrogen) atoms. The molecular formula is C16H25BrN2. The van der Waals surface area contributed by atoms with Gasteiger partial charge in [-0.25, -0.2) is 0 Å². The zero-order chi connectivity index (χ0) is 13.7. The van der Waals surface area contributed by atoms with Gasteiger partial charge in [0.2, 0.25) is 0 Å². The fourth-order valence-corrected chi connectivity index (χ4v) is 3.42. The van der Waals surface area contributed by atoms with Crippen LogP contribution in [0.4, 0.5) is 5.69 Å². The summed E-state index contributed by atoms with van der Waals surface area (Å²) in [6, 6.07) is 7.26. The van der Waals surface area contributed by atoms with Gasteiger partial charge in [0.15, 0.2) is 0 Å². The van der Waals surface area contributed by atoms with E-state index in [9.17, 15) is 0 Å². The predicted molar refractivity (Wildman–Crippen MR) is 86.8 cm³/mol. The van der Waals surface area contributed by atoms with E-state index in [0.717, 1.165) is 10.9 Å². The Morgan fingerprint density at radius 2 is 1.89 bits per heavy atom. The highest BCUT2D eigenvalue weighted by molar-refractivity contribution is 9.10. The summed E-state index contributed by atoms with van der Waals surface area (Å²) in [5, 5.41) is 0. The lowest BCUT2D eigenvalue weighted by Crippen LogP contribution is -2.32. The Kier molecular flexibility index (Phi) is 5.71. The molecule has 0 atom stereocenters. The Balaban J connectivity index is 2.20. The normalized spacial score (nSPS) is 17.2. The number of nitrogens with zero attached hydrogens (tertiary/aromatic N) is 1. The van der Waals surface area contributed by atoms with E-state index in [1.807, 2.05) is 0 Å². The Hall–Kier alpha value is -0.540. The van der Waals surface area contributed by atoms with Gasteiger partial charge in [-0.05, 0) is 43.5 Å². The molecule has 2 rings (SSSR count). The largest absolute Gasteiger partial charge is 0.371 e. The van der Waals surface area contributed by atoms with Crippen molar-refractivity contribution in [3.63, 3.8) is 0 Å². The van der Waals surface area contributed by atoms with Crippen molar-refractivity contribution in [2.24, 2.45) is 5.73 Å². The number of hydrogen-bond donors (Lipinski definition) is 1. The topological polar surface area (TPSA) is 29.3 Å². The van der Waals surface area contributed by atoms with Gasteiger partial charge in [-0.2, -0.15) is 0 Å². The van der Waals surface area contributed by atoms with Gasteiger partial charge in [-0.1, -0.05) is 47.7 Å². The minimum absolute atomic E-state index is 0.688. The molecule has 2 N–H and O–H groups in total. The lowest BCUT2D eigenvalue weighted by atomic mass is 10.0. The molecule has 1 aliphatic rings. The quantitative estimate of drug-likeness (QED) is 0.844. The Morgan fingerprint density at radius 1 is 1.21 bits per heavy atom. The van der Waals surface area contributed by atoms with Crippen molar-refractivity contribution in [2.45, 2.75) is 51.0 Å². The molecule has 0 aliphatic heterocycles. The summed E-state index contributed by atoms with van der Waals surface area (Å²) < 4.78 is 1.16. The molecule has 0 radical (unpaired) electrons. The van der Waals surface area contributed by atoms with E-state index in [4.69, 9.17) is 5.73 Å². The summed E-state index contributed by atoms with van der Waals surface area (Å²) in [7, 11) is 2.25. The molecule has 1 saturated carbocycles. The van der Waals surface area contributed by atoms with Crippen molar-refractivity contribution in [2.75, 3.05) is 18.5 Å². The zero-order valence-electron chi connectivity index (χ0n) is 11.9. The highest BCUT2D eigenvalue weighted by Crippen LogP contribution is 2.30. The van der Waals surface area contributed by atoms with Gasteiger partial charge in [0.05, 0.1) is 0 Å². The number of benzene rings is 1. The molecule has 0 saturated heterocycles. The molecule has 1 aromatic rings. The third-order valence-corrected chi connectivity index (χ3v) is 4.71. The number of nitrogens with two attached hydrogens (primary N) is 1. The van der Waals surface area contributed by atoms with E-state index >= 15 is 0 Å². The molecule has 2 nitrogen and oxygen atoms in total. The van der Waals surface area contributed by atoms with Crippen molar-refractivity contribution >= 4 is 21.6 Å². The predicted octanol–water partition coefficient (Wildman–Crippen LogP) is 4.11. The van der Waals surface area contributed by atoms with Crippen LogP contribution < -0.4 is 10.6 Å². The fraction of sp³-hybridized carbons (Fsp3) is 0.625. The first-order valence-corrected chi connectivity index (χ1v) is 8.23. The monoisotopic (exact) mass is 324 g/mol. The zero-order valence-corrected chi connectivity index (χ0v) is 13.5. The molecule has 1 aromatic carbocycles. The minimum atomic E-state index is 0.688. The first-order chi connectivity index (χ1) is 9.22. The van der Waals surface area contributed by atoms with Crippen molar-refractivity contribution in [1.29, 1.82) is 0 Å². The highest BCUT2D eigenvalue weighted by Gasteiger charge is 2.19. The van der Waals surface area contributed by atoms with Crippen molar-refractivity contribution in [3.05, 3.63) is 28.2 Å². The first-order valence-electron chi connectivity index (χ1n) is 7.43. The van der Waals surface area contributed by atoms with E-state index < -0.39 is 0 Å². The SMILES string of the molecule is CN(c1cc(Br)ccc1CCN)C1CCCCCC1. The van der Waals surface area contributed by atoms with Crippen LogP contribution in [0.2, 0.25) is 0 Å². The summed E-state index contributed by atoms with van der Waals surface area (Å²) in [5.41, 5.74) is 8.47. The van der Waals surface area contributed by atoms with Crippen LogP contribution in [0.15, 0.2) is 22.7 Å². The van der Waals surface area contributed by atoms with Gasteiger partial charge in [0, 0.05) is 23.2 Å². The van der Waals surface area contributed by atoms with Crippen LogP contribution in [0.25, 0.3) is 0 Å². The molecule has 0 heterocycles. The van der Waals surface area contributed by atoms with E-state index in [1.165, 1.54) is 49.8 Å². The third kappa shape index (κ3) is 3.96. The van der Waals surface area contributed by atoms with Crippen LogP contribution in [-0.4, -0.2) is 19.6 Å². The van der Waals surface area contributed by atoms with Crippen LogP contribution >= 0.6 is 15.9 Å². The standard InChI is InChI=1S/C16H25BrN2/c1-19(15-6-4-2-3-5-7-15)16-12-14(17)9-8-13(16)10-11-18/h8-9,12,15H,2-7,10-11,18H2,1H3. The smallest absolute Gasteiger partial charge is 0.0410 e. The van der Waals surface area contributed by atoms with E-state index in [-0.39, 0.29) is 0 Å². The maximum Gasteiger partial charge on any atom is 0.0410 e. The average molecular weight is 325 g/mol. The Bertz CT molecular complexity index is 398. The third-order valence-electron chi connectivity index (χ3n) is 4.21. The van der Waals surface area contributed by atoms with Crippen molar-refractivity contribution in [3.8, 4) is 0 Å².